The van der Waals surface area contributed by atoms with E-state index < -0.39 is 0 Å². The molecule has 0 unspecified atom stereocenters. The average molecular weight is 256 g/mol. The molecule has 1 rings (SSSR count). The van der Waals surface area contributed by atoms with Crippen LogP contribution in [0.5, 0.6) is 5.75 Å². The maximum Gasteiger partial charge on any atom is 0.253 e. The second-order valence-electron chi connectivity index (χ2n) is 3.53. The number of alkyl halides is 1. The molecule has 0 heterocycles. The number of nitrogens with zero attached hydrogens (tertiary/aromatic N) is 1. The molecule has 0 aliphatic rings. The Balaban J connectivity index is 2.74. The van der Waals surface area contributed by atoms with Crippen molar-refractivity contribution in [1.82, 2.24) is 4.90 Å². The molecule has 0 atom stereocenters. The van der Waals surface area contributed by atoms with E-state index in [0.717, 1.165) is 5.75 Å². The van der Waals surface area contributed by atoms with Gasteiger partial charge < -0.3 is 9.64 Å². The SMILES string of the molecule is CCOc1ccc(C(=O)N(CC)CCCl)cc1. The van der Waals surface area contributed by atoms with Gasteiger partial charge in [0, 0.05) is 24.5 Å². The Morgan fingerprint density at radius 1 is 1.29 bits per heavy atom. The predicted molar refractivity (Wildman–Crippen MR) is 69.9 cm³/mol. The number of hydrogen-bond acceptors (Lipinski definition) is 2. The lowest BCUT2D eigenvalue weighted by atomic mass is 10.2. The third-order valence-corrected chi connectivity index (χ3v) is 2.60. The van der Waals surface area contributed by atoms with Crippen LogP contribution >= 0.6 is 11.6 Å². The number of hydrogen-bond donors (Lipinski definition) is 0. The fraction of sp³-hybridized carbons (Fsp3) is 0.462. The van der Waals surface area contributed by atoms with Gasteiger partial charge in [-0.15, -0.1) is 11.6 Å². The molecule has 0 N–H and O–H groups in total. The van der Waals surface area contributed by atoms with Gasteiger partial charge in [0.2, 0.25) is 0 Å². The highest BCUT2D eigenvalue weighted by Gasteiger charge is 2.13. The molecule has 0 aliphatic carbocycles. The van der Waals surface area contributed by atoms with Crippen LogP contribution in [0.2, 0.25) is 0 Å². The summed E-state index contributed by atoms with van der Waals surface area (Å²) < 4.78 is 5.33. The van der Waals surface area contributed by atoms with Crippen molar-refractivity contribution in [3.05, 3.63) is 29.8 Å². The minimum atomic E-state index is 0.0104. The molecule has 1 aromatic rings. The van der Waals surface area contributed by atoms with Crippen LogP contribution in [0.4, 0.5) is 0 Å². The molecule has 1 amide bonds. The Hall–Kier alpha value is -1.22. The molecule has 0 spiro atoms. The summed E-state index contributed by atoms with van der Waals surface area (Å²) in [5.74, 6) is 1.25. The highest BCUT2D eigenvalue weighted by atomic mass is 35.5. The summed E-state index contributed by atoms with van der Waals surface area (Å²) in [6.45, 7) is 5.74. The van der Waals surface area contributed by atoms with E-state index in [-0.39, 0.29) is 5.91 Å². The number of halogens is 1. The normalized spacial score (nSPS) is 10.1. The maximum absolute atomic E-state index is 12.1. The van der Waals surface area contributed by atoms with E-state index in [1.165, 1.54) is 0 Å². The zero-order valence-electron chi connectivity index (χ0n) is 10.3. The van der Waals surface area contributed by atoms with Gasteiger partial charge in [0.15, 0.2) is 0 Å². The van der Waals surface area contributed by atoms with Crippen LogP contribution in [-0.2, 0) is 0 Å². The van der Waals surface area contributed by atoms with E-state index in [0.29, 0.717) is 31.1 Å². The molecule has 1 aromatic carbocycles. The van der Waals surface area contributed by atoms with Crippen molar-refractivity contribution in [2.24, 2.45) is 0 Å². The standard InChI is InChI=1S/C13H18ClNO2/c1-3-15(10-9-14)13(16)11-5-7-12(8-6-11)17-4-2/h5-8H,3-4,9-10H2,1-2H3. The van der Waals surface area contributed by atoms with Crippen molar-refractivity contribution in [2.45, 2.75) is 13.8 Å². The third-order valence-electron chi connectivity index (χ3n) is 2.44. The van der Waals surface area contributed by atoms with E-state index >= 15 is 0 Å². The molecule has 94 valence electrons. The molecular formula is C13H18ClNO2. The third kappa shape index (κ3) is 3.93. The molecule has 4 heteroatoms. The summed E-state index contributed by atoms with van der Waals surface area (Å²) in [7, 11) is 0. The minimum Gasteiger partial charge on any atom is -0.494 e. The zero-order valence-corrected chi connectivity index (χ0v) is 11.0. The lowest BCUT2D eigenvalue weighted by Crippen LogP contribution is -2.32. The van der Waals surface area contributed by atoms with E-state index in [2.05, 4.69) is 0 Å². The first kappa shape index (κ1) is 13.8. The van der Waals surface area contributed by atoms with Gasteiger partial charge in [0.05, 0.1) is 6.61 Å². The first-order chi connectivity index (χ1) is 8.22. The first-order valence-corrected chi connectivity index (χ1v) is 6.34. The molecule has 0 radical (unpaired) electrons. The van der Waals surface area contributed by atoms with Gasteiger partial charge in [-0.2, -0.15) is 0 Å². The van der Waals surface area contributed by atoms with Gasteiger partial charge >= 0.3 is 0 Å². The van der Waals surface area contributed by atoms with Gasteiger partial charge in [-0.05, 0) is 38.1 Å². The summed E-state index contributed by atoms with van der Waals surface area (Å²) in [4.78, 5) is 13.8. The van der Waals surface area contributed by atoms with Gasteiger partial charge in [-0.3, -0.25) is 4.79 Å². The van der Waals surface area contributed by atoms with Gasteiger partial charge in [-0.1, -0.05) is 0 Å². The van der Waals surface area contributed by atoms with Gasteiger partial charge in [-0.25, -0.2) is 0 Å². The summed E-state index contributed by atoms with van der Waals surface area (Å²) >= 11 is 5.66. The highest BCUT2D eigenvalue weighted by molar-refractivity contribution is 6.18. The van der Waals surface area contributed by atoms with E-state index in [1.807, 2.05) is 26.0 Å². The zero-order chi connectivity index (χ0) is 12.7. The molecule has 3 nitrogen and oxygen atoms in total. The molecule has 0 fully saturated rings. The summed E-state index contributed by atoms with van der Waals surface area (Å²) in [6.07, 6.45) is 0. The monoisotopic (exact) mass is 255 g/mol. The fourth-order valence-corrected chi connectivity index (χ4v) is 1.75. The Morgan fingerprint density at radius 2 is 1.94 bits per heavy atom. The average Bonchev–Trinajstić information content (AvgIpc) is 2.36. The molecule has 0 saturated carbocycles. The van der Waals surface area contributed by atoms with Crippen LogP contribution in [0, 0.1) is 0 Å². The van der Waals surface area contributed by atoms with E-state index in [1.54, 1.807) is 17.0 Å². The molecular weight excluding hydrogens is 238 g/mol. The number of carbonyl (C=O) groups excluding carboxylic acids is 1. The Labute approximate surface area is 107 Å². The van der Waals surface area contributed by atoms with E-state index in [4.69, 9.17) is 16.3 Å². The van der Waals surface area contributed by atoms with Crippen molar-refractivity contribution in [3.8, 4) is 5.75 Å². The van der Waals surface area contributed by atoms with Crippen LogP contribution in [0.25, 0.3) is 0 Å². The smallest absolute Gasteiger partial charge is 0.253 e. The second kappa shape index (κ2) is 7.17. The molecule has 0 saturated heterocycles. The molecule has 17 heavy (non-hydrogen) atoms. The summed E-state index contributed by atoms with van der Waals surface area (Å²) in [5.41, 5.74) is 0.667. The quantitative estimate of drug-likeness (QED) is 0.732. The Kier molecular flexibility index (Phi) is 5.84. The van der Waals surface area contributed by atoms with Gasteiger partial charge in [0.1, 0.15) is 5.75 Å². The maximum atomic E-state index is 12.1. The van der Waals surface area contributed by atoms with Crippen LogP contribution in [0.3, 0.4) is 0 Å². The number of ether oxygens (including phenoxy) is 1. The fourth-order valence-electron chi connectivity index (χ4n) is 1.55. The van der Waals surface area contributed by atoms with Crippen LogP contribution < -0.4 is 4.74 Å². The second-order valence-corrected chi connectivity index (χ2v) is 3.91. The summed E-state index contributed by atoms with van der Waals surface area (Å²) in [6, 6.07) is 7.19. The van der Waals surface area contributed by atoms with Crippen LogP contribution in [-0.4, -0.2) is 36.4 Å². The van der Waals surface area contributed by atoms with Crippen LogP contribution in [0.1, 0.15) is 24.2 Å². The summed E-state index contributed by atoms with van der Waals surface area (Å²) in [5, 5.41) is 0. The predicted octanol–water partition coefficient (Wildman–Crippen LogP) is 2.79. The van der Waals surface area contributed by atoms with Crippen LogP contribution in [0.15, 0.2) is 24.3 Å². The highest BCUT2D eigenvalue weighted by Crippen LogP contribution is 2.13. The number of rotatable bonds is 6. The Morgan fingerprint density at radius 3 is 2.41 bits per heavy atom. The largest absolute Gasteiger partial charge is 0.494 e. The molecule has 0 aliphatic heterocycles. The first-order valence-electron chi connectivity index (χ1n) is 5.81. The van der Waals surface area contributed by atoms with Gasteiger partial charge in [0.25, 0.3) is 5.91 Å². The van der Waals surface area contributed by atoms with Crippen molar-refractivity contribution in [2.75, 3.05) is 25.6 Å². The van der Waals surface area contributed by atoms with Crippen molar-refractivity contribution < 1.29 is 9.53 Å². The van der Waals surface area contributed by atoms with E-state index in [9.17, 15) is 4.79 Å². The molecule has 0 aromatic heterocycles. The lowest BCUT2D eigenvalue weighted by Gasteiger charge is -2.19. The Bertz CT molecular complexity index is 351. The van der Waals surface area contributed by atoms with Crippen molar-refractivity contribution >= 4 is 17.5 Å². The van der Waals surface area contributed by atoms with Crippen molar-refractivity contribution in [1.29, 1.82) is 0 Å². The minimum absolute atomic E-state index is 0.0104. The molecule has 0 bridgehead atoms. The lowest BCUT2D eigenvalue weighted by molar-refractivity contribution is 0.0774. The number of benzene rings is 1. The number of amides is 1. The number of carbonyl (C=O) groups is 1. The van der Waals surface area contributed by atoms with Crippen molar-refractivity contribution in [3.63, 3.8) is 0 Å². The topological polar surface area (TPSA) is 29.5 Å².